The molecule has 3 amide bonds. The van der Waals surface area contributed by atoms with Crippen LogP contribution in [0.15, 0.2) is 42.5 Å². The van der Waals surface area contributed by atoms with Crippen LogP contribution in [-0.2, 0) is 9.59 Å². The molecule has 0 radical (unpaired) electrons. The van der Waals surface area contributed by atoms with Crippen molar-refractivity contribution < 1.29 is 23.9 Å². The number of amides is 3. The monoisotopic (exact) mass is 550 g/mol. The highest BCUT2D eigenvalue weighted by molar-refractivity contribution is 14.1. The SMILES string of the molecule is CCC(C)(C)N(C(=O)c1ccc(OC)c(OC)c1)C1CC(=O)N(c2ccc(I)cc2)C1=O. The number of carbonyl (C=O) groups is 3. The molecule has 0 spiro atoms. The summed E-state index contributed by atoms with van der Waals surface area (Å²) in [5, 5.41) is 0. The second-order valence-corrected chi connectivity index (χ2v) is 9.42. The van der Waals surface area contributed by atoms with Gasteiger partial charge in [-0.05, 0) is 85.3 Å². The van der Waals surface area contributed by atoms with Crippen LogP contribution in [0.25, 0.3) is 0 Å². The third-order valence-electron chi connectivity index (χ3n) is 5.89. The largest absolute Gasteiger partial charge is 0.493 e. The molecule has 0 aliphatic carbocycles. The third-order valence-corrected chi connectivity index (χ3v) is 6.61. The van der Waals surface area contributed by atoms with Gasteiger partial charge in [0.25, 0.3) is 11.8 Å². The molecule has 7 nitrogen and oxygen atoms in total. The summed E-state index contributed by atoms with van der Waals surface area (Å²) in [5.41, 5.74) is 0.209. The van der Waals surface area contributed by atoms with Gasteiger partial charge in [0.1, 0.15) is 6.04 Å². The number of benzene rings is 2. The Hall–Kier alpha value is -2.62. The lowest BCUT2D eigenvalue weighted by Crippen LogP contribution is -2.55. The normalized spacial score (nSPS) is 16.3. The average molecular weight is 550 g/mol. The van der Waals surface area contributed by atoms with Crippen molar-refractivity contribution in [2.24, 2.45) is 0 Å². The van der Waals surface area contributed by atoms with Crippen LogP contribution in [0.1, 0.15) is 44.0 Å². The molecule has 0 bridgehead atoms. The second-order valence-electron chi connectivity index (χ2n) is 8.17. The van der Waals surface area contributed by atoms with Gasteiger partial charge in [0.2, 0.25) is 5.91 Å². The molecular weight excluding hydrogens is 523 g/mol. The van der Waals surface area contributed by atoms with E-state index >= 15 is 0 Å². The molecule has 0 aromatic heterocycles. The van der Waals surface area contributed by atoms with E-state index in [4.69, 9.17) is 9.47 Å². The molecule has 8 heteroatoms. The maximum absolute atomic E-state index is 13.7. The van der Waals surface area contributed by atoms with Crippen LogP contribution < -0.4 is 14.4 Å². The first-order chi connectivity index (χ1) is 15.1. The molecule has 2 aromatic carbocycles. The number of nitrogens with zero attached hydrogens (tertiary/aromatic N) is 2. The molecule has 2 aromatic rings. The predicted octanol–water partition coefficient (Wildman–Crippen LogP) is 4.27. The van der Waals surface area contributed by atoms with E-state index < -0.39 is 17.5 Å². The molecule has 1 aliphatic rings. The highest BCUT2D eigenvalue weighted by Gasteiger charge is 2.48. The molecule has 3 rings (SSSR count). The van der Waals surface area contributed by atoms with E-state index in [2.05, 4.69) is 22.6 Å². The summed E-state index contributed by atoms with van der Waals surface area (Å²) in [7, 11) is 3.02. The van der Waals surface area contributed by atoms with Gasteiger partial charge < -0.3 is 14.4 Å². The lowest BCUT2D eigenvalue weighted by molar-refractivity contribution is -0.123. The molecular formula is C24H27IN2O5. The topological polar surface area (TPSA) is 76.2 Å². The van der Waals surface area contributed by atoms with Gasteiger partial charge in [0, 0.05) is 14.7 Å². The maximum Gasteiger partial charge on any atom is 0.257 e. The first-order valence-corrected chi connectivity index (χ1v) is 11.4. The summed E-state index contributed by atoms with van der Waals surface area (Å²) in [4.78, 5) is 42.7. The minimum atomic E-state index is -0.891. The number of hydrogen-bond donors (Lipinski definition) is 0. The highest BCUT2D eigenvalue weighted by Crippen LogP contribution is 2.34. The number of ether oxygens (including phenoxy) is 2. The molecule has 1 atom stereocenters. The predicted molar refractivity (Wildman–Crippen MR) is 130 cm³/mol. The van der Waals surface area contributed by atoms with Crippen molar-refractivity contribution in [2.45, 2.75) is 45.2 Å². The van der Waals surface area contributed by atoms with Crippen molar-refractivity contribution in [1.82, 2.24) is 4.90 Å². The lowest BCUT2D eigenvalue weighted by Gasteiger charge is -2.41. The van der Waals surface area contributed by atoms with Gasteiger partial charge >= 0.3 is 0 Å². The van der Waals surface area contributed by atoms with Crippen molar-refractivity contribution in [3.8, 4) is 11.5 Å². The van der Waals surface area contributed by atoms with E-state index in [0.717, 1.165) is 3.57 Å². The number of rotatable bonds is 7. The van der Waals surface area contributed by atoms with E-state index in [9.17, 15) is 14.4 Å². The van der Waals surface area contributed by atoms with Crippen LogP contribution >= 0.6 is 22.6 Å². The Labute approximate surface area is 201 Å². The van der Waals surface area contributed by atoms with Crippen LogP contribution in [0.2, 0.25) is 0 Å². The molecule has 0 saturated carbocycles. The average Bonchev–Trinajstić information content (AvgIpc) is 3.07. The summed E-state index contributed by atoms with van der Waals surface area (Å²) < 4.78 is 11.6. The summed E-state index contributed by atoms with van der Waals surface area (Å²) in [6.07, 6.45) is 0.542. The number of methoxy groups -OCH3 is 2. The third kappa shape index (κ3) is 4.46. The van der Waals surface area contributed by atoms with Crippen LogP contribution in [0, 0.1) is 3.57 Å². The zero-order valence-corrected chi connectivity index (χ0v) is 21.0. The van der Waals surface area contributed by atoms with Crippen molar-refractivity contribution >= 4 is 46.0 Å². The standard InChI is InChI=1S/C24H27IN2O5/c1-6-24(2,3)27(22(29)15-7-12-19(31-4)20(13-15)32-5)18-14-21(28)26(23(18)30)17-10-8-16(25)9-11-17/h7-13,18H,6,14H2,1-5H3. The summed E-state index contributed by atoms with van der Waals surface area (Å²) in [6, 6.07) is 11.2. The minimum Gasteiger partial charge on any atom is -0.493 e. The Kier molecular flexibility index (Phi) is 7.12. The molecule has 1 saturated heterocycles. The molecule has 1 heterocycles. The van der Waals surface area contributed by atoms with Gasteiger partial charge in [0.05, 0.1) is 26.3 Å². The number of halogens is 1. The Morgan fingerprint density at radius 2 is 1.72 bits per heavy atom. The first kappa shape index (κ1) is 24.0. The van der Waals surface area contributed by atoms with Crippen molar-refractivity contribution in [3.05, 3.63) is 51.6 Å². The molecule has 32 heavy (non-hydrogen) atoms. The van der Waals surface area contributed by atoms with Crippen molar-refractivity contribution in [2.75, 3.05) is 19.1 Å². The van der Waals surface area contributed by atoms with Crippen LogP contribution in [0.4, 0.5) is 5.69 Å². The quantitative estimate of drug-likeness (QED) is 0.380. The van der Waals surface area contributed by atoms with Crippen molar-refractivity contribution in [1.29, 1.82) is 0 Å². The molecule has 1 unspecified atom stereocenters. The summed E-state index contributed by atoms with van der Waals surface area (Å²) >= 11 is 2.17. The van der Waals surface area contributed by atoms with Gasteiger partial charge in [-0.2, -0.15) is 0 Å². The fourth-order valence-corrected chi connectivity index (χ4v) is 4.16. The van der Waals surface area contributed by atoms with Gasteiger partial charge in [0.15, 0.2) is 11.5 Å². The van der Waals surface area contributed by atoms with Crippen LogP contribution in [-0.4, -0.2) is 48.4 Å². The smallest absolute Gasteiger partial charge is 0.257 e. The zero-order chi connectivity index (χ0) is 23.6. The van der Waals surface area contributed by atoms with Crippen molar-refractivity contribution in [3.63, 3.8) is 0 Å². The highest BCUT2D eigenvalue weighted by atomic mass is 127. The molecule has 0 N–H and O–H groups in total. The Balaban J connectivity index is 2.01. The van der Waals surface area contributed by atoms with Crippen LogP contribution in [0.3, 0.4) is 0 Å². The fourth-order valence-electron chi connectivity index (χ4n) is 3.80. The number of imide groups is 1. The van der Waals surface area contributed by atoms with Gasteiger partial charge in [-0.3, -0.25) is 14.4 Å². The number of carbonyl (C=O) groups excluding carboxylic acids is 3. The molecule has 170 valence electrons. The van der Waals surface area contributed by atoms with E-state index in [1.807, 2.05) is 32.9 Å². The Morgan fingerprint density at radius 3 is 2.28 bits per heavy atom. The second kappa shape index (κ2) is 9.48. The van der Waals surface area contributed by atoms with E-state index in [1.165, 1.54) is 19.1 Å². The minimum absolute atomic E-state index is 0.0622. The number of anilines is 1. The zero-order valence-electron chi connectivity index (χ0n) is 18.8. The first-order valence-electron chi connectivity index (χ1n) is 10.3. The van der Waals surface area contributed by atoms with E-state index in [-0.39, 0.29) is 18.2 Å². The maximum atomic E-state index is 13.7. The molecule has 1 aliphatic heterocycles. The van der Waals surface area contributed by atoms with E-state index in [1.54, 1.807) is 35.2 Å². The van der Waals surface area contributed by atoms with Gasteiger partial charge in [-0.15, -0.1) is 0 Å². The van der Waals surface area contributed by atoms with Gasteiger partial charge in [-0.1, -0.05) is 6.92 Å². The molecule has 1 fully saturated rings. The van der Waals surface area contributed by atoms with Gasteiger partial charge in [-0.25, -0.2) is 4.90 Å². The lowest BCUT2D eigenvalue weighted by atomic mass is 9.94. The summed E-state index contributed by atoms with van der Waals surface area (Å²) in [6.45, 7) is 5.75. The summed E-state index contributed by atoms with van der Waals surface area (Å²) in [5.74, 6) is -0.137. The fraction of sp³-hybridized carbons (Fsp3) is 0.375. The Bertz CT molecular complexity index is 1040. The van der Waals surface area contributed by atoms with Crippen LogP contribution in [0.5, 0.6) is 11.5 Å². The Morgan fingerprint density at radius 1 is 1.09 bits per heavy atom. The van der Waals surface area contributed by atoms with E-state index in [0.29, 0.717) is 29.2 Å². The number of hydrogen-bond acceptors (Lipinski definition) is 5.